The highest BCUT2D eigenvalue weighted by atomic mass is 14.6. The second-order valence-corrected chi connectivity index (χ2v) is 4.32. The number of para-hydroxylation sites is 1. The molecule has 3 rings (SSSR count). The van der Waals surface area contributed by atoms with E-state index in [0.717, 1.165) is 5.52 Å². The maximum Gasteiger partial charge on any atom is 0.0701 e. The fourth-order valence-corrected chi connectivity index (χ4v) is 2.08. The third-order valence-corrected chi connectivity index (χ3v) is 3.01. The molecule has 1 aromatic carbocycles. The highest BCUT2D eigenvalue weighted by Gasteiger charge is 1.95. The fourth-order valence-electron chi connectivity index (χ4n) is 2.08. The third-order valence-electron chi connectivity index (χ3n) is 3.01. The Morgan fingerprint density at radius 1 is 0.688 bits per heavy atom. The van der Waals surface area contributed by atoms with Crippen molar-refractivity contribution < 1.29 is 0 Å². The molecule has 0 radical (unpaired) electrons. The minimum Gasteiger partial charge on any atom is -0.256 e. The van der Waals surface area contributed by atoms with Crippen LogP contribution in [0.2, 0.25) is 0 Å². The van der Waals surface area contributed by atoms with E-state index in [9.17, 15) is 0 Å². The molecular formula is C15H19N. The molecule has 0 unspecified atom stereocenters. The van der Waals surface area contributed by atoms with Gasteiger partial charge in [0.05, 0.1) is 5.52 Å². The predicted molar refractivity (Wildman–Crippen MR) is 69.4 cm³/mol. The van der Waals surface area contributed by atoms with Gasteiger partial charge in [0.25, 0.3) is 0 Å². The van der Waals surface area contributed by atoms with Crippen LogP contribution in [0.5, 0.6) is 0 Å². The van der Waals surface area contributed by atoms with E-state index in [4.69, 9.17) is 0 Å². The van der Waals surface area contributed by atoms with Crippen LogP contribution in [0.3, 0.4) is 0 Å². The first-order chi connectivity index (χ1) is 7.97. The second kappa shape index (κ2) is 6.26. The highest BCUT2D eigenvalue weighted by Crippen LogP contribution is 2.15. The maximum atomic E-state index is 4.18. The van der Waals surface area contributed by atoms with Gasteiger partial charge in [0.1, 0.15) is 0 Å². The van der Waals surface area contributed by atoms with Gasteiger partial charge in [0.2, 0.25) is 0 Å². The zero-order chi connectivity index (χ0) is 11.1. The van der Waals surface area contributed by atoms with Gasteiger partial charge in [0, 0.05) is 11.6 Å². The molecule has 84 valence electrons. The predicted octanol–water partition coefficient (Wildman–Crippen LogP) is 4.58. The summed E-state index contributed by atoms with van der Waals surface area (Å²) in [4.78, 5) is 4.18. The monoisotopic (exact) mass is 213 g/mol. The molecule has 1 aromatic heterocycles. The summed E-state index contributed by atoms with van der Waals surface area (Å²) in [5.74, 6) is 0. The molecule has 1 aliphatic rings. The minimum atomic E-state index is 1.06. The molecule has 0 spiro atoms. The van der Waals surface area contributed by atoms with E-state index in [1.165, 1.54) is 43.9 Å². The lowest BCUT2D eigenvalue weighted by molar-refractivity contribution is 0.504. The van der Waals surface area contributed by atoms with E-state index in [2.05, 4.69) is 17.1 Å². The summed E-state index contributed by atoms with van der Waals surface area (Å²) >= 11 is 0. The van der Waals surface area contributed by atoms with E-state index < -0.39 is 0 Å². The molecule has 1 heterocycles. The molecule has 0 aliphatic heterocycles. The number of hydrogen-bond acceptors (Lipinski definition) is 1. The third kappa shape index (κ3) is 3.34. The molecule has 0 atom stereocenters. The van der Waals surface area contributed by atoms with E-state index in [1.807, 2.05) is 30.5 Å². The molecular weight excluding hydrogens is 194 g/mol. The van der Waals surface area contributed by atoms with E-state index in [1.54, 1.807) is 0 Å². The molecule has 0 bridgehead atoms. The first kappa shape index (κ1) is 11.1. The van der Waals surface area contributed by atoms with Gasteiger partial charge in [-0.15, -0.1) is 0 Å². The molecule has 0 saturated heterocycles. The lowest BCUT2D eigenvalue weighted by atomic mass is 10.0. The second-order valence-electron chi connectivity index (χ2n) is 4.32. The summed E-state index contributed by atoms with van der Waals surface area (Å²) in [6.45, 7) is 0. The average molecular weight is 213 g/mol. The number of nitrogens with zero attached hydrogens (tertiary/aromatic N) is 1. The lowest BCUT2D eigenvalue weighted by Crippen LogP contribution is -1.85. The smallest absolute Gasteiger partial charge is 0.0701 e. The van der Waals surface area contributed by atoms with E-state index >= 15 is 0 Å². The Kier molecular flexibility index (Phi) is 4.36. The Bertz CT molecular complexity index is 341. The Labute approximate surface area is 97.5 Å². The standard InChI is InChI=1S/C9H7N.C6H12/c1-2-6-9-8(4-1)5-3-7-10-9;1-2-4-6-5-3-1/h1-7H;1-6H2. The number of hydrogen-bond donors (Lipinski definition) is 0. The maximum absolute atomic E-state index is 4.18. The van der Waals surface area contributed by atoms with Gasteiger partial charge in [-0.2, -0.15) is 0 Å². The number of fused-ring (bicyclic) bond motifs is 1. The number of rotatable bonds is 0. The van der Waals surface area contributed by atoms with Crippen molar-refractivity contribution in [2.45, 2.75) is 38.5 Å². The number of pyridine rings is 1. The average Bonchev–Trinajstić information content (AvgIpc) is 2.42. The van der Waals surface area contributed by atoms with Crippen molar-refractivity contribution in [1.82, 2.24) is 4.98 Å². The van der Waals surface area contributed by atoms with Gasteiger partial charge >= 0.3 is 0 Å². The van der Waals surface area contributed by atoms with Crippen molar-refractivity contribution in [2.24, 2.45) is 0 Å². The van der Waals surface area contributed by atoms with Crippen LogP contribution in [-0.2, 0) is 0 Å². The normalized spacial score (nSPS) is 15.2. The summed E-state index contributed by atoms with van der Waals surface area (Å²) in [6.07, 6.45) is 10.8. The first-order valence-corrected chi connectivity index (χ1v) is 6.26. The van der Waals surface area contributed by atoms with Crippen molar-refractivity contribution in [3.05, 3.63) is 42.6 Å². The fraction of sp³-hybridized carbons (Fsp3) is 0.400. The first-order valence-electron chi connectivity index (χ1n) is 6.26. The Balaban J connectivity index is 0.000000138. The summed E-state index contributed by atoms with van der Waals surface area (Å²) in [7, 11) is 0. The highest BCUT2D eigenvalue weighted by molar-refractivity contribution is 5.77. The molecule has 0 amide bonds. The quantitative estimate of drug-likeness (QED) is 0.624. The lowest BCUT2D eigenvalue weighted by Gasteiger charge is -2.05. The van der Waals surface area contributed by atoms with E-state index in [0.29, 0.717) is 0 Å². The van der Waals surface area contributed by atoms with Crippen molar-refractivity contribution in [3.63, 3.8) is 0 Å². The van der Waals surface area contributed by atoms with Crippen molar-refractivity contribution in [1.29, 1.82) is 0 Å². The molecule has 0 N–H and O–H groups in total. The molecule has 1 fully saturated rings. The van der Waals surface area contributed by atoms with Gasteiger partial charge in [-0.3, -0.25) is 4.98 Å². The Morgan fingerprint density at radius 2 is 1.25 bits per heavy atom. The zero-order valence-corrected chi connectivity index (χ0v) is 9.73. The van der Waals surface area contributed by atoms with Gasteiger partial charge in [0.15, 0.2) is 0 Å². The summed E-state index contributed by atoms with van der Waals surface area (Å²) < 4.78 is 0. The van der Waals surface area contributed by atoms with Crippen molar-refractivity contribution >= 4 is 10.9 Å². The van der Waals surface area contributed by atoms with Crippen LogP contribution < -0.4 is 0 Å². The molecule has 1 nitrogen and oxygen atoms in total. The van der Waals surface area contributed by atoms with Gasteiger partial charge in [-0.25, -0.2) is 0 Å². The minimum absolute atomic E-state index is 1.06. The molecule has 1 heteroatoms. The Morgan fingerprint density at radius 3 is 1.88 bits per heavy atom. The van der Waals surface area contributed by atoms with Crippen LogP contribution >= 0.6 is 0 Å². The number of benzene rings is 1. The van der Waals surface area contributed by atoms with Gasteiger partial charge in [-0.1, -0.05) is 62.8 Å². The van der Waals surface area contributed by atoms with Crippen LogP contribution in [0.15, 0.2) is 42.6 Å². The zero-order valence-electron chi connectivity index (χ0n) is 9.73. The van der Waals surface area contributed by atoms with E-state index in [-0.39, 0.29) is 0 Å². The summed E-state index contributed by atoms with van der Waals surface area (Å²) in [5.41, 5.74) is 1.06. The van der Waals surface area contributed by atoms with Gasteiger partial charge < -0.3 is 0 Å². The molecule has 1 saturated carbocycles. The van der Waals surface area contributed by atoms with Crippen LogP contribution in [0.25, 0.3) is 10.9 Å². The van der Waals surface area contributed by atoms with Crippen LogP contribution in [0.1, 0.15) is 38.5 Å². The van der Waals surface area contributed by atoms with Crippen molar-refractivity contribution in [3.8, 4) is 0 Å². The van der Waals surface area contributed by atoms with Crippen LogP contribution in [0.4, 0.5) is 0 Å². The largest absolute Gasteiger partial charge is 0.256 e. The summed E-state index contributed by atoms with van der Waals surface area (Å²) in [6, 6.07) is 12.1. The van der Waals surface area contributed by atoms with Crippen LogP contribution in [0, 0.1) is 0 Å². The molecule has 16 heavy (non-hydrogen) atoms. The number of aromatic nitrogens is 1. The topological polar surface area (TPSA) is 12.9 Å². The molecule has 1 aliphatic carbocycles. The molecule has 2 aromatic rings. The summed E-state index contributed by atoms with van der Waals surface area (Å²) in [5, 5.41) is 1.20. The van der Waals surface area contributed by atoms with Crippen molar-refractivity contribution in [2.75, 3.05) is 0 Å². The Hall–Kier alpha value is -1.37. The SMILES string of the molecule is C1CCCCC1.c1ccc2ncccc2c1. The van der Waals surface area contributed by atoms with Crippen LogP contribution in [-0.4, -0.2) is 4.98 Å². The van der Waals surface area contributed by atoms with Gasteiger partial charge in [-0.05, 0) is 12.1 Å².